The fraction of sp³-hybridized carbons (Fsp3) is 0.333. The third-order valence-electron chi connectivity index (χ3n) is 5.55. The Morgan fingerprint density at radius 2 is 2.07 bits per heavy atom. The zero-order valence-corrected chi connectivity index (χ0v) is 18.1. The molecule has 0 saturated carbocycles. The van der Waals surface area contributed by atoms with Crippen LogP contribution in [0.2, 0.25) is 0 Å². The van der Waals surface area contributed by atoms with Crippen LogP contribution in [-0.2, 0) is 21.1 Å². The molecule has 30 heavy (non-hydrogen) atoms. The average molecular weight is 446 g/mol. The summed E-state index contributed by atoms with van der Waals surface area (Å²) in [6.45, 7) is 0. The van der Waals surface area contributed by atoms with Crippen molar-refractivity contribution in [3.8, 4) is 0 Å². The molecular weight excluding hydrogens is 422 g/mol. The Kier molecular flexibility index (Phi) is 5.66. The number of hydrogen-bond acceptors (Lipinski definition) is 5. The van der Waals surface area contributed by atoms with Crippen molar-refractivity contribution >= 4 is 43.9 Å². The number of likely N-dealkylation sites (N-methyl/N-ethyl adjacent to an activating group) is 1. The summed E-state index contributed by atoms with van der Waals surface area (Å²) in [5, 5.41) is 5.66. The summed E-state index contributed by atoms with van der Waals surface area (Å²) < 4.78 is 23.7. The molecule has 1 aliphatic rings. The summed E-state index contributed by atoms with van der Waals surface area (Å²) in [6.07, 6.45) is 2.58. The number of H-pyrrole nitrogens is 1. The second-order valence-corrected chi connectivity index (χ2v) is 10.7. The van der Waals surface area contributed by atoms with Gasteiger partial charge in [0.2, 0.25) is 5.91 Å². The molecule has 2 aromatic heterocycles. The minimum absolute atomic E-state index is 0.0338. The van der Waals surface area contributed by atoms with E-state index in [0.717, 1.165) is 16.5 Å². The van der Waals surface area contributed by atoms with Crippen molar-refractivity contribution in [1.29, 1.82) is 0 Å². The van der Waals surface area contributed by atoms with Crippen molar-refractivity contribution in [2.24, 2.45) is 0 Å². The smallest absolute Gasteiger partial charge is 0.262 e. The largest absolute Gasteiger partial charge is 0.361 e. The Labute approximate surface area is 179 Å². The molecule has 4 rings (SSSR count). The lowest BCUT2D eigenvalue weighted by Gasteiger charge is -2.28. The number of carbonyl (C=O) groups is 2. The molecule has 2 N–H and O–H groups in total. The number of nitrogens with one attached hydrogen (secondary N) is 2. The highest BCUT2D eigenvalue weighted by Gasteiger charge is 2.35. The third kappa shape index (κ3) is 4.27. The van der Waals surface area contributed by atoms with E-state index >= 15 is 0 Å². The van der Waals surface area contributed by atoms with Crippen LogP contribution < -0.4 is 5.32 Å². The molecule has 1 aliphatic heterocycles. The standard InChI is InChI=1S/C21H23N3O4S2/c1-24(15-8-10-30(27,28)13-15)21(26)18(23-20(25)19-7-4-9-29-19)11-14-12-22-17-6-3-2-5-16(14)17/h2-7,9,12,15,18,22H,8,10-11,13H2,1H3,(H,23,25)/t15-,18-/m0/s1. The van der Waals surface area contributed by atoms with Crippen molar-refractivity contribution in [2.45, 2.75) is 24.9 Å². The van der Waals surface area contributed by atoms with Gasteiger partial charge < -0.3 is 15.2 Å². The van der Waals surface area contributed by atoms with E-state index in [1.54, 1.807) is 24.6 Å². The molecule has 3 aromatic rings. The number of hydrogen-bond donors (Lipinski definition) is 2. The Hall–Kier alpha value is -2.65. The molecular formula is C21H23N3O4S2. The van der Waals surface area contributed by atoms with Crippen molar-refractivity contribution in [2.75, 3.05) is 18.6 Å². The summed E-state index contributed by atoms with van der Waals surface area (Å²) in [4.78, 5) is 31.2. The van der Waals surface area contributed by atoms with Crippen LogP contribution in [0.3, 0.4) is 0 Å². The monoisotopic (exact) mass is 445 g/mol. The van der Waals surface area contributed by atoms with Crippen molar-refractivity contribution in [3.05, 3.63) is 58.4 Å². The average Bonchev–Trinajstić information content (AvgIpc) is 3.46. The number of aromatic amines is 1. The van der Waals surface area contributed by atoms with E-state index in [4.69, 9.17) is 0 Å². The van der Waals surface area contributed by atoms with Crippen LogP contribution >= 0.6 is 11.3 Å². The fourth-order valence-corrected chi connectivity index (χ4v) is 6.27. The summed E-state index contributed by atoms with van der Waals surface area (Å²) >= 11 is 1.31. The quantitative estimate of drug-likeness (QED) is 0.608. The van der Waals surface area contributed by atoms with Crippen LogP contribution in [-0.4, -0.2) is 60.8 Å². The summed E-state index contributed by atoms with van der Waals surface area (Å²) in [5.41, 5.74) is 1.88. The number of fused-ring (bicyclic) bond motifs is 1. The topological polar surface area (TPSA) is 99.3 Å². The second kappa shape index (κ2) is 8.23. The summed E-state index contributed by atoms with van der Waals surface area (Å²) in [6, 6.07) is 10.1. The molecule has 0 bridgehead atoms. The first-order chi connectivity index (χ1) is 14.3. The molecule has 1 saturated heterocycles. The maximum absolute atomic E-state index is 13.3. The Morgan fingerprint density at radius 1 is 1.27 bits per heavy atom. The third-order valence-corrected chi connectivity index (χ3v) is 8.17. The molecule has 0 radical (unpaired) electrons. The van der Waals surface area contributed by atoms with E-state index in [1.165, 1.54) is 16.2 Å². The minimum atomic E-state index is -3.12. The van der Waals surface area contributed by atoms with Gasteiger partial charge >= 0.3 is 0 Å². The SMILES string of the molecule is CN(C(=O)[C@H](Cc1c[nH]c2ccccc12)NC(=O)c1cccs1)[C@H]1CCS(=O)(=O)C1. The molecule has 9 heteroatoms. The van der Waals surface area contributed by atoms with Gasteiger partial charge in [0.15, 0.2) is 9.84 Å². The highest BCUT2D eigenvalue weighted by atomic mass is 32.2. The number of nitrogens with zero attached hydrogens (tertiary/aromatic N) is 1. The Morgan fingerprint density at radius 3 is 2.77 bits per heavy atom. The van der Waals surface area contributed by atoms with Crippen LogP contribution in [0.1, 0.15) is 21.7 Å². The molecule has 1 fully saturated rings. The molecule has 158 valence electrons. The normalized spacial score (nSPS) is 18.9. The number of rotatable bonds is 6. The van der Waals surface area contributed by atoms with Gasteiger partial charge in [-0.2, -0.15) is 0 Å². The van der Waals surface area contributed by atoms with E-state index in [2.05, 4.69) is 10.3 Å². The lowest BCUT2D eigenvalue weighted by atomic mass is 10.0. The van der Waals surface area contributed by atoms with E-state index in [0.29, 0.717) is 17.7 Å². The number of amides is 2. The van der Waals surface area contributed by atoms with Crippen molar-refractivity contribution in [1.82, 2.24) is 15.2 Å². The van der Waals surface area contributed by atoms with Crippen molar-refractivity contribution < 1.29 is 18.0 Å². The van der Waals surface area contributed by atoms with Gasteiger partial charge in [-0.25, -0.2) is 8.42 Å². The van der Waals surface area contributed by atoms with Gasteiger partial charge in [0.05, 0.1) is 16.4 Å². The lowest BCUT2D eigenvalue weighted by Crippen LogP contribution is -2.51. The molecule has 3 heterocycles. The molecule has 2 amide bonds. The fourth-order valence-electron chi connectivity index (χ4n) is 3.86. The maximum atomic E-state index is 13.3. The highest BCUT2D eigenvalue weighted by Crippen LogP contribution is 2.22. The summed E-state index contributed by atoms with van der Waals surface area (Å²) in [7, 11) is -1.50. The Bertz CT molecular complexity index is 1170. The highest BCUT2D eigenvalue weighted by molar-refractivity contribution is 7.91. The van der Waals surface area contributed by atoms with Crippen LogP contribution in [0.15, 0.2) is 48.0 Å². The molecule has 0 spiro atoms. The minimum Gasteiger partial charge on any atom is -0.361 e. The number of thiophene rings is 1. The molecule has 0 aliphatic carbocycles. The van der Waals surface area contributed by atoms with Crippen LogP contribution in [0.5, 0.6) is 0 Å². The van der Waals surface area contributed by atoms with Gasteiger partial charge in [-0.1, -0.05) is 24.3 Å². The predicted octanol–water partition coefficient (Wildman–Crippen LogP) is 2.22. The number of para-hydroxylation sites is 1. The maximum Gasteiger partial charge on any atom is 0.262 e. The van der Waals surface area contributed by atoms with Gasteiger partial charge in [0, 0.05) is 36.6 Å². The first-order valence-corrected chi connectivity index (χ1v) is 12.4. The van der Waals surface area contributed by atoms with E-state index in [9.17, 15) is 18.0 Å². The van der Waals surface area contributed by atoms with Gasteiger partial charge in [0.25, 0.3) is 5.91 Å². The number of benzene rings is 1. The van der Waals surface area contributed by atoms with Gasteiger partial charge in [0.1, 0.15) is 6.04 Å². The van der Waals surface area contributed by atoms with Gasteiger partial charge in [-0.05, 0) is 29.5 Å². The van der Waals surface area contributed by atoms with Crippen LogP contribution in [0, 0.1) is 0 Å². The lowest BCUT2D eigenvalue weighted by molar-refractivity contribution is -0.133. The summed E-state index contributed by atoms with van der Waals surface area (Å²) in [5.74, 6) is -0.541. The first kappa shape index (κ1) is 20.6. The molecule has 7 nitrogen and oxygen atoms in total. The second-order valence-electron chi connectivity index (χ2n) is 7.57. The number of sulfone groups is 1. The molecule has 0 unspecified atom stereocenters. The van der Waals surface area contributed by atoms with Crippen LogP contribution in [0.25, 0.3) is 10.9 Å². The van der Waals surface area contributed by atoms with E-state index < -0.39 is 15.9 Å². The first-order valence-electron chi connectivity index (χ1n) is 9.70. The van der Waals surface area contributed by atoms with E-state index in [-0.39, 0.29) is 29.4 Å². The zero-order chi connectivity index (χ0) is 21.3. The number of aromatic nitrogens is 1. The van der Waals surface area contributed by atoms with Crippen LogP contribution in [0.4, 0.5) is 0 Å². The van der Waals surface area contributed by atoms with E-state index in [1.807, 2.05) is 30.5 Å². The predicted molar refractivity (Wildman–Crippen MR) is 117 cm³/mol. The number of carbonyl (C=O) groups excluding carboxylic acids is 2. The van der Waals surface area contributed by atoms with Gasteiger partial charge in [-0.3, -0.25) is 9.59 Å². The molecule has 1 aromatic carbocycles. The zero-order valence-electron chi connectivity index (χ0n) is 16.5. The Balaban J connectivity index is 1.59. The van der Waals surface area contributed by atoms with Gasteiger partial charge in [-0.15, -0.1) is 11.3 Å². The molecule has 2 atom stereocenters. The van der Waals surface area contributed by atoms with Crippen molar-refractivity contribution in [3.63, 3.8) is 0 Å².